The van der Waals surface area contributed by atoms with Crippen molar-refractivity contribution in [2.75, 3.05) is 26.2 Å². The number of sulfonamides is 1. The van der Waals surface area contributed by atoms with Crippen LogP contribution in [0.5, 0.6) is 0 Å². The molecule has 12 heteroatoms. The summed E-state index contributed by atoms with van der Waals surface area (Å²) in [7, 11) is -3.79. The number of fused-ring (bicyclic) bond motifs is 2. The number of aromatic nitrogens is 1. The molecule has 2 aliphatic heterocycles. The number of piperazine rings is 1. The quantitative estimate of drug-likeness (QED) is 0.494. The van der Waals surface area contributed by atoms with Crippen LogP contribution in [-0.4, -0.2) is 71.0 Å². The molecule has 0 bridgehead atoms. The SMILES string of the molecule is C#Cc1ccc2cc(S(=O)(=O)N3CCN(C(=O)c4nc5c(s4)CN(O)CC5)C(CCC#N)C3)sc2c1. The molecule has 1 amide bonds. The van der Waals surface area contributed by atoms with Crippen LogP contribution >= 0.6 is 22.7 Å². The number of amides is 1. The Morgan fingerprint density at radius 3 is 2.86 bits per heavy atom. The summed E-state index contributed by atoms with van der Waals surface area (Å²) in [5, 5.41) is 21.3. The van der Waals surface area contributed by atoms with Gasteiger partial charge >= 0.3 is 0 Å². The maximum Gasteiger partial charge on any atom is 0.283 e. The van der Waals surface area contributed by atoms with Gasteiger partial charge in [0.25, 0.3) is 15.9 Å². The molecule has 5 rings (SSSR count). The second kappa shape index (κ2) is 9.90. The van der Waals surface area contributed by atoms with Crippen LogP contribution in [0.15, 0.2) is 28.5 Å². The van der Waals surface area contributed by atoms with Crippen molar-refractivity contribution in [2.45, 2.75) is 36.1 Å². The highest BCUT2D eigenvalue weighted by Gasteiger charge is 2.38. The van der Waals surface area contributed by atoms with E-state index < -0.39 is 16.1 Å². The Labute approximate surface area is 217 Å². The minimum atomic E-state index is -3.79. The van der Waals surface area contributed by atoms with Crippen molar-refractivity contribution < 1.29 is 18.4 Å². The molecular weight excluding hydrogens is 518 g/mol. The molecule has 0 saturated carbocycles. The van der Waals surface area contributed by atoms with Gasteiger partial charge in [0, 0.05) is 60.2 Å². The maximum absolute atomic E-state index is 13.5. The highest BCUT2D eigenvalue weighted by molar-refractivity contribution is 7.91. The third-order valence-corrected chi connectivity index (χ3v) is 10.9. The predicted octanol–water partition coefficient (Wildman–Crippen LogP) is 2.91. The summed E-state index contributed by atoms with van der Waals surface area (Å²) in [6, 6.07) is 8.71. The molecule has 3 aromatic rings. The van der Waals surface area contributed by atoms with Gasteiger partial charge in [-0.3, -0.25) is 4.79 Å². The Balaban J connectivity index is 1.38. The first-order valence-corrected chi connectivity index (χ1v) is 14.5. The monoisotopic (exact) mass is 541 g/mol. The molecule has 2 aromatic heterocycles. The van der Waals surface area contributed by atoms with Crippen LogP contribution in [0.4, 0.5) is 0 Å². The van der Waals surface area contributed by atoms with Crippen molar-refractivity contribution in [3.05, 3.63) is 45.4 Å². The molecule has 1 unspecified atom stereocenters. The van der Waals surface area contributed by atoms with Crippen molar-refractivity contribution in [1.29, 1.82) is 5.26 Å². The first-order valence-electron chi connectivity index (χ1n) is 11.4. The molecule has 9 nitrogen and oxygen atoms in total. The van der Waals surface area contributed by atoms with Crippen molar-refractivity contribution in [1.82, 2.24) is 19.3 Å². The van der Waals surface area contributed by atoms with Gasteiger partial charge in [-0.2, -0.15) is 14.6 Å². The fourth-order valence-electron chi connectivity index (χ4n) is 4.54. The van der Waals surface area contributed by atoms with Crippen LogP contribution in [0, 0.1) is 23.7 Å². The molecule has 1 saturated heterocycles. The first-order chi connectivity index (χ1) is 17.3. The number of rotatable bonds is 5. The van der Waals surface area contributed by atoms with Crippen LogP contribution in [0.2, 0.25) is 0 Å². The number of carbonyl (C=O) groups is 1. The van der Waals surface area contributed by atoms with Crippen LogP contribution in [-0.2, 0) is 23.0 Å². The molecule has 0 spiro atoms. The van der Waals surface area contributed by atoms with Crippen LogP contribution in [0.25, 0.3) is 10.1 Å². The van der Waals surface area contributed by atoms with E-state index >= 15 is 0 Å². The Morgan fingerprint density at radius 2 is 2.08 bits per heavy atom. The van der Waals surface area contributed by atoms with Crippen LogP contribution in [0.1, 0.15) is 38.8 Å². The van der Waals surface area contributed by atoms with Gasteiger partial charge in [0.1, 0.15) is 4.21 Å². The molecule has 36 heavy (non-hydrogen) atoms. The molecular formula is C24H23N5O4S3. The van der Waals surface area contributed by atoms with E-state index in [0.29, 0.717) is 36.5 Å². The van der Waals surface area contributed by atoms with E-state index in [9.17, 15) is 18.4 Å². The van der Waals surface area contributed by atoms with Crippen LogP contribution < -0.4 is 0 Å². The number of thiophene rings is 1. The van der Waals surface area contributed by atoms with Crippen LogP contribution in [0.3, 0.4) is 0 Å². The summed E-state index contributed by atoms with van der Waals surface area (Å²) in [5.74, 6) is 2.31. The van der Waals surface area contributed by atoms with E-state index in [1.165, 1.54) is 32.0 Å². The minimum absolute atomic E-state index is 0.106. The highest BCUT2D eigenvalue weighted by Crippen LogP contribution is 2.33. The van der Waals surface area contributed by atoms with Crippen molar-refractivity contribution in [3.8, 4) is 18.4 Å². The summed E-state index contributed by atoms with van der Waals surface area (Å²) in [6.07, 6.45) is 6.61. The maximum atomic E-state index is 13.5. The van der Waals surface area contributed by atoms with E-state index in [2.05, 4.69) is 17.0 Å². The lowest BCUT2D eigenvalue weighted by Crippen LogP contribution is -2.56. The zero-order valence-electron chi connectivity index (χ0n) is 19.3. The number of hydroxylamine groups is 2. The number of terminal acetylenes is 1. The van der Waals surface area contributed by atoms with Crippen molar-refractivity contribution >= 4 is 48.7 Å². The number of carbonyl (C=O) groups excluding carboxylic acids is 1. The minimum Gasteiger partial charge on any atom is -0.331 e. The number of nitriles is 1. The third-order valence-electron chi connectivity index (χ3n) is 6.45. The summed E-state index contributed by atoms with van der Waals surface area (Å²) in [5.41, 5.74) is 1.51. The zero-order valence-corrected chi connectivity index (χ0v) is 21.7. The third kappa shape index (κ3) is 4.64. The fraction of sp³-hybridized carbons (Fsp3) is 0.375. The number of hydrogen-bond acceptors (Lipinski definition) is 9. The van der Waals surface area contributed by atoms with E-state index in [1.54, 1.807) is 23.1 Å². The van der Waals surface area contributed by atoms with Gasteiger partial charge in [-0.25, -0.2) is 13.4 Å². The molecule has 1 aromatic carbocycles. The van der Waals surface area contributed by atoms with E-state index in [1.807, 2.05) is 6.07 Å². The topological polar surface area (TPSA) is 118 Å². The predicted molar refractivity (Wildman–Crippen MR) is 136 cm³/mol. The Morgan fingerprint density at radius 1 is 1.25 bits per heavy atom. The van der Waals surface area contributed by atoms with E-state index in [4.69, 9.17) is 11.7 Å². The summed E-state index contributed by atoms with van der Waals surface area (Å²) >= 11 is 2.44. The largest absolute Gasteiger partial charge is 0.331 e. The average Bonchev–Trinajstić information content (AvgIpc) is 3.50. The number of hydrogen-bond donors (Lipinski definition) is 1. The average molecular weight is 542 g/mol. The normalized spacial score (nSPS) is 19.1. The summed E-state index contributed by atoms with van der Waals surface area (Å²) in [4.78, 5) is 20.4. The van der Waals surface area contributed by atoms with Gasteiger partial charge in [0.2, 0.25) is 0 Å². The number of nitrogens with zero attached hydrogens (tertiary/aromatic N) is 5. The Kier molecular flexibility index (Phi) is 6.83. The smallest absolute Gasteiger partial charge is 0.283 e. The second-order valence-electron chi connectivity index (χ2n) is 8.70. The van der Waals surface area contributed by atoms with Gasteiger partial charge in [-0.05, 0) is 30.0 Å². The number of thiazole rings is 1. The fourth-order valence-corrected chi connectivity index (χ4v) is 8.67. The zero-order chi connectivity index (χ0) is 25.4. The Bertz CT molecular complexity index is 1510. The number of benzene rings is 1. The molecule has 186 valence electrons. The molecule has 1 atom stereocenters. The van der Waals surface area contributed by atoms with Gasteiger partial charge in [0.15, 0.2) is 5.01 Å². The lowest BCUT2D eigenvalue weighted by molar-refractivity contribution is -0.102. The first kappa shape index (κ1) is 24.8. The highest BCUT2D eigenvalue weighted by atomic mass is 32.2. The lowest BCUT2D eigenvalue weighted by atomic mass is 10.1. The molecule has 1 fully saturated rings. The van der Waals surface area contributed by atoms with Crippen molar-refractivity contribution in [2.24, 2.45) is 0 Å². The van der Waals surface area contributed by atoms with E-state index in [-0.39, 0.29) is 36.2 Å². The van der Waals surface area contributed by atoms with Crippen molar-refractivity contribution in [3.63, 3.8) is 0 Å². The molecule has 0 radical (unpaired) electrons. The van der Waals surface area contributed by atoms with Gasteiger partial charge < -0.3 is 10.1 Å². The van der Waals surface area contributed by atoms with Gasteiger partial charge in [-0.15, -0.1) is 29.1 Å². The van der Waals surface area contributed by atoms with Gasteiger partial charge in [-0.1, -0.05) is 12.0 Å². The Hall–Kier alpha value is -2.84. The summed E-state index contributed by atoms with van der Waals surface area (Å²) < 4.78 is 29.5. The molecule has 2 aliphatic rings. The van der Waals surface area contributed by atoms with E-state index in [0.717, 1.165) is 20.7 Å². The molecule has 0 aliphatic carbocycles. The second-order valence-corrected chi connectivity index (χ2v) is 13.0. The lowest BCUT2D eigenvalue weighted by Gasteiger charge is -2.40. The van der Waals surface area contributed by atoms with Gasteiger partial charge in [0.05, 0.1) is 18.3 Å². The molecule has 1 N–H and O–H groups in total. The molecule has 4 heterocycles. The summed E-state index contributed by atoms with van der Waals surface area (Å²) in [6.45, 7) is 1.26. The standard InChI is InChI=1S/C24H23N5O4S3/c1-2-16-5-6-17-13-22(34-20(17)12-16)36(32,33)28-10-11-29(18(14-28)4-3-8-25)24(30)23-26-19-7-9-27(31)15-21(19)35-23/h1,5-6,12-13,18,31H,3-4,7,9-11,14-15H2.